The summed E-state index contributed by atoms with van der Waals surface area (Å²) in [5, 5.41) is 15.0. The van der Waals surface area contributed by atoms with E-state index in [0.29, 0.717) is 17.5 Å². The van der Waals surface area contributed by atoms with Gasteiger partial charge in [-0.25, -0.2) is 14.8 Å². The maximum atomic E-state index is 10.6. The molecule has 1 aliphatic rings. The smallest absolute Gasteiger partial charge is 0.490 e. The van der Waals surface area contributed by atoms with Crippen molar-refractivity contribution in [2.75, 3.05) is 32.6 Å². The maximum Gasteiger partial charge on any atom is 0.490 e. The number of methoxy groups -OCH3 is 2. The quantitative estimate of drug-likeness (QED) is 0.628. The van der Waals surface area contributed by atoms with Gasteiger partial charge in [-0.3, -0.25) is 0 Å². The third-order valence-electron chi connectivity index (χ3n) is 4.05. The van der Waals surface area contributed by atoms with E-state index in [2.05, 4.69) is 20.6 Å². The van der Waals surface area contributed by atoms with Crippen LogP contribution in [0.5, 0.6) is 11.5 Å². The number of piperidine rings is 1. The third-order valence-corrected chi connectivity index (χ3v) is 4.22. The Morgan fingerprint density at radius 1 is 1.28 bits per heavy atom. The molecule has 2 aromatic rings. The van der Waals surface area contributed by atoms with Crippen LogP contribution in [0.4, 0.5) is 19.0 Å². The number of benzene rings is 1. The highest BCUT2D eigenvalue weighted by molar-refractivity contribution is 6.28. The van der Waals surface area contributed by atoms with Crippen LogP contribution >= 0.6 is 11.6 Å². The van der Waals surface area contributed by atoms with Crippen LogP contribution in [0, 0.1) is 0 Å². The molecular formula is C17H20ClF3N4O4. The molecule has 0 radical (unpaired) electrons. The number of rotatable bonds is 4. The Balaban J connectivity index is 0.000000370. The van der Waals surface area contributed by atoms with Crippen molar-refractivity contribution in [2.45, 2.75) is 25.1 Å². The first-order valence-corrected chi connectivity index (χ1v) is 8.90. The van der Waals surface area contributed by atoms with E-state index in [-0.39, 0.29) is 5.28 Å². The number of aliphatic carboxylic acids is 1. The minimum atomic E-state index is -5.08. The van der Waals surface area contributed by atoms with Crippen molar-refractivity contribution in [2.24, 2.45) is 0 Å². The number of aromatic nitrogens is 2. The number of carbonyl (C=O) groups is 1. The molecule has 0 aliphatic carbocycles. The van der Waals surface area contributed by atoms with Crippen molar-refractivity contribution in [3.63, 3.8) is 0 Å². The van der Waals surface area contributed by atoms with Crippen molar-refractivity contribution in [1.82, 2.24) is 15.3 Å². The largest absolute Gasteiger partial charge is 0.493 e. The van der Waals surface area contributed by atoms with Gasteiger partial charge in [-0.1, -0.05) is 0 Å². The van der Waals surface area contributed by atoms with E-state index in [1.807, 2.05) is 12.1 Å². The fourth-order valence-electron chi connectivity index (χ4n) is 2.71. The van der Waals surface area contributed by atoms with Crippen LogP contribution in [0.3, 0.4) is 0 Å². The van der Waals surface area contributed by atoms with E-state index in [1.165, 1.54) is 0 Å². The number of halogens is 4. The van der Waals surface area contributed by atoms with Gasteiger partial charge in [0.15, 0.2) is 11.5 Å². The maximum absolute atomic E-state index is 10.6. The Morgan fingerprint density at radius 2 is 1.90 bits per heavy atom. The van der Waals surface area contributed by atoms with Gasteiger partial charge in [0.1, 0.15) is 5.82 Å². The summed E-state index contributed by atoms with van der Waals surface area (Å²) in [6, 6.07) is 4.02. The van der Waals surface area contributed by atoms with E-state index < -0.39 is 12.1 Å². The summed E-state index contributed by atoms with van der Waals surface area (Å²) in [6.07, 6.45) is -2.84. The topological polar surface area (TPSA) is 106 Å². The Bertz CT molecular complexity index is 861. The number of alkyl halides is 3. The first-order valence-electron chi connectivity index (χ1n) is 8.52. The Morgan fingerprint density at radius 3 is 2.41 bits per heavy atom. The van der Waals surface area contributed by atoms with Crippen LogP contribution in [-0.4, -0.2) is 60.6 Å². The summed E-state index contributed by atoms with van der Waals surface area (Å²) in [5.41, 5.74) is 0.726. The Labute approximate surface area is 169 Å². The third kappa shape index (κ3) is 6.23. The van der Waals surface area contributed by atoms with E-state index in [4.69, 9.17) is 31.0 Å². The fourth-order valence-corrected chi connectivity index (χ4v) is 2.88. The van der Waals surface area contributed by atoms with Crippen LogP contribution in [0.15, 0.2) is 12.1 Å². The summed E-state index contributed by atoms with van der Waals surface area (Å²) in [5.74, 6) is -0.766. The zero-order valence-corrected chi connectivity index (χ0v) is 16.4. The lowest BCUT2D eigenvalue weighted by Crippen LogP contribution is -2.38. The second-order valence-electron chi connectivity index (χ2n) is 6.06. The number of hydrogen-bond acceptors (Lipinski definition) is 7. The van der Waals surface area contributed by atoms with Gasteiger partial charge in [-0.2, -0.15) is 13.2 Å². The summed E-state index contributed by atoms with van der Waals surface area (Å²) in [7, 11) is 3.21. The molecule has 1 saturated heterocycles. The second kappa shape index (κ2) is 9.79. The monoisotopic (exact) mass is 436 g/mol. The van der Waals surface area contributed by atoms with Gasteiger partial charge in [-0.05, 0) is 37.1 Å². The number of anilines is 1. The van der Waals surface area contributed by atoms with Crippen LogP contribution in [0.25, 0.3) is 10.9 Å². The summed E-state index contributed by atoms with van der Waals surface area (Å²) in [6.45, 7) is 1.98. The number of carboxylic acids is 1. The van der Waals surface area contributed by atoms with Gasteiger partial charge in [0.25, 0.3) is 0 Å². The summed E-state index contributed by atoms with van der Waals surface area (Å²) >= 11 is 6.06. The molecule has 1 aliphatic heterocycles. The molecule has 29 heavy (non-hydrogen) atoms. The molecule has 3 N–H and O–H groups in total. The molecule has 3 rings (SSSR count). The lowest BCUT2D eigenvalue weighted by atomic mass is 10.1. The van der Waals surface area contributed by atoms with Gasteiger partial charge in [-0.15, -0.1) is 0 Å². The lowest BCUT2D eigenvalue weighted by Gasteiger charge is -2.25. The highest BCUT2D eigenvalue weighted by Crippen LogP contribution is 2.34. The standard InChI is InChI=1S/C15H19ClN4O2.C2HF3O2/c1-21-12-6-10-11(7-13(12)22-2)19-15(16)20-14(10)18-9-4-3-5-17-8-9;3-2(4,5)1(6)7/h6-7,9,17H,3-5,8H2,1-2H3,(H,18,19,20);(H,6,7)/t9-;/m0./s1. The molecule has 0 unspecified atom stereocenters. The molecule has 1 aromatic carbocycles. The highest BCUT2D eigenvalue weighted by Gasteiger charge is 2.38. The van der Waals surface area contributed by atoms with Crippen LogP contribution < -0.4 is 20.1 Å². The molecule has 0 spiro atoms. The molecule has 0 saturated carbocycles. The molecule has 1 atom stereocenters. The first kappa shape index (κ1) is 22.8. The van der Waals surface area contributed by atoms with E-state index in [0.717, 1.165) is 42.7 Å². The van der Waals surface area contributed by atoms with Crippen molar-refractivity contribution in [3.05, 3.63) is 17.4 Å². The zero-order valence-electron chi connectivity index (χ0n) is 15.6. The number of carboxylic acid groups (broad SMARTS) is 1. The minimum Gasteiger partial charge on any atom is -0.493 e. The van der Waals surface area contributed by atoms with Gasteiger partial charge < -0.3 is 25.2 Å². The predicted octanol–water partition coefficient (Wildman–Crippen LogP) is 3.10. The molecular weight excluding hydrogens is 417 g/mol. The SMILES string of the molecule is COc1cc2nc(Cl)nc(N[C@H]3CCCNC3)c2cc1OC.O=C(O)C(F)(F)F. The lowest BCUT2D eigenvalue weighted by molar-refractivity contribution is -0.192. The molecule has 0 bridgehead atoms. The van der Waals surface area contributed by atoms with Crippen molar-refractivity contribution in [3.8, 4) is 11.5 Å². The van der Waals surface area contributed by atoms with Crippen LogP contribution in [0.2, 0.25) is 5.28 Å². The number of nitrogens with one attached hydrogen (secondary N) is 2. The first-order chi connectivity index (χ1) is 13.7. The van der Waals surface area contributed by atoms with Crippen LogP contribution in [0.1, 0.15) is 12.8 Å². The van der Waals surface area contributed by atoms with Gasteiger partial charge in [0.05, 0.1) is 19.7 Å². The highest BCUT2D eigenvalue weighted by atomic mass is 35.5. The second-order valence-corrected chi connectivity index (χ2v) is 6.39. The van der Waals surface area contributed by atoms with Crippen molar-refractivity contribution >= 4 is 34.3 Å². The molecule has 0 amide bonds. The Kier molecular flexibility index (Phi) is 7.68. The van der Waals surface area contributed by atoms with E-state index in [9.17, 15) is 13.2 Å². The molecule has 12 heteroatoms. The van der Waals surface area contributed by atoms with Crippen molar-refractivity contribution < 1.29 is 32.5 Å². The predicted molar refractivity (Wildman–Crippen MR) is 101 cm³/mol. The number of hydrogen-bond donors (Lipinski definition) is 3. The molecule has 8 nitrogen and oxygen atoms in total. The fraction of sp³-hybridized carbons (Fsp3) is 0.471. The molecule has 1 fully saturated rings. The van der Waals surface area contributed by atoms with Crippen molar-refractivity contribution in [1.29, 1.82) is 0 Å². The molecule has 1 aromatic heterocycles. The average molecular weight is 437 g/mol. The van der Waals surface area contributed by atoms with Crippen LogP contribution in [-0.2, 0) is 4.79 Å². The zero-order chi connectivity index (χ0) is 21.6. The number of fused-ring (bicyclic) bond motifs is 1. The Hall–Kier alpha value is -2.53. The molecule has 2 heterocycles. The van der Waals surface area contributed by atoms with Gasteiger partial charge in [0, 0.05) is 24.0 Å². The van der Waals surface area contributed by atoms with E-state index in [1.54, 1.807) is 14.2 Å². The average Bonchev–Trinajstić information content (AvgIpc) is 2.67. The number of nitrogens with zero attached hydrogens (tertiary/aromatic N) is 2. The van der Waals surface area contributed by atoms with Gasteiger partial charge in [0.2, 0.25) is 5.28 Å². The van der Waals surface area contributed by atoms with Gasteiger partial charge >= 0.3 is 12.1 Å². The normalized spacial score (nSPS) is 16.6. The summed E-state index contributed by atoms with van der Waals surface area (Å²) < 4.78 is 42.4. The summed E-state index contributed by atoms with van der Waals surface area (Å²) in [4.78, 5) is 17.5. The molecule has 160 valence electrons. The van der Waals surface area contributed by atoms with E-state index >= 15 is 0 Å². The number of ether oxygens (including phenoxy) is 2. The minimum absolute atomic E-state index is 0.214.